The minimum Gasteiger partial charge on any atom is -0.481 e. The fourth-order valence-corrected chi connectivity index (χ4v) is 1.63. The minimum atomic E-state index is -0.962. The quantitative estimate of drug-likeness (QED) is 0.878. The van der Waals surface area contributed by atoms with Crippen molar-refractivity contribution >= 4 is 27.8 Å². The minimum absolute atomic E-state index is 0.0101. The topological polar surface area (TPSA) is 66.4 Å². The third-order valence-corrected chi connectivity index (χ3v) is 2.84. The monoisotopic (exact) mass is 299 g/mol. The van der Waals surface area contributed by atoms with Crippen LogP contribution in [0.2, 0.25) is 0 Å². The molecule has 0 radical (unpaired) electrons. The Hall–Kier alpha value is -1.36. The summed E-state index contributed by atoms with van der Waals surface area (Å²) in [4.78, 5) is 21.7. The van der Waals surface area contributed by atoms with Crippen molar-refractivity contribution in [2.75, 3.05) is 0 Å². The van der Waals surface area contributed by atoms with Crippen molar-refractivity contribution in [1.29, 1.82) is 0 Å². The molecule has 0 aliphatic carbocycles. The fourth-order valence-electron chi connectivity index (χ4n) is 1.37. The number of hydrogen-bond donors (Lipinski definition) is 2. The van der Waals surface area contributed by atoms with E-state index in [1.54, 1.807) is 0 Å². The van der Waals surface area contributed by atoms with Crippen molar-refractivity contribution in [2.45, 2.75) is 25.8 Å². The van der Waals surface area contributed by atoms with Crippen LogP contribution in [-0.2, 0) is 9.59 Å². The standard InChI is InChI=1S/C12H14BrNO3/c1-8(9-2-4-10(13)5-3-9)14-11(15)6-7-12(16)17/h2-5,8H,6-7H2,1H3,(H,14,15)(H,16,17). The largest absolute Gasteiger partial charge is 0.481 e. The summed E-state index contributed by atoms with van der Waals surface area (Å²) in [5.74, 6) is -1.21. The summed E-state index contributed by atoms with van der Waals surface area (Å²) in [7, 11) is 0. The van der Waals surface area contributed by atoms with Crippen molar-refractivity contribution in [1.82, 2.24) is 5.32 Å². The highest BCUT2D eigenvalue weighted by molar-refractivity contribution is 9.10. The molecule has 0 aliphatic heterocycles. The molecule has 0 saturated carbocycles. The number of carboxylic acid groups (broad SMARTS) is 1. The molecule has 0 aliphatic rings. The number of benzene rings is 1. The van der Waals surface area contributed by atoms with Crippen LogP contribution >= 0.6 is 15.9 Å². The zero-order chi connectivity index (χ0) is 12.8. The molecule has 1 unspecified atom stereocenters. The van der Waals surface area contributed by atoms with Crippen LogP contribution < -0.4 is 5.32 Å². The van der Waals surface area contributed by atoms with Gasteiger partial charge in [0.15, 0.2) is 0 Å². The van der Waals surface area contributed by atoms with Crippen molar-refractivity contribution in [3.63, 3.8) is 0 Å². The number of aliphatic carboxylic acids is 1. The van der Waals surface area contributed by atoms with Gasteiger partial charge in [-0.25, -0.2) is 0 Å². The number of nitrogens with one attached hydrogen (secondary N) is 1. The molecule has 92 valence electrons. The third-order valence-electron chi connectivity index (χ3n) is 2.31. The van der Waals surface area contributed by atoms with Gasteiger partial charge < -0.3 is 10.4 Å². The van der Waals surface area contributed by atoms with Gasteiger partial charge in [0, 0.05) is 10.9 Å². The smallest absolute Gasteiger partial charge is 0.303 e. The Kier molecular flexibility index (Phi) is 5.15. The lowest BCUT2D eigenvalue weighted by molar-refractivity contribution is -0.138. The molecule has 1 aromatic rings. The first-order chi connectivity index (χ1) is 7.99. The van der Waals surface area contributed by atoms with Gasteiger partial charge in [0.25, 0.3) is 0 Å². The van der Waals surface area contributed by atoms with Crippen LogP contribution in [0.5, 0.6) is 0 Å². The molecule has 1 rings (SSSR count). The normalized spacial score (nSPS) is 11.9. The van der Waals surface area contributed by atoms with Gasteiger partial charge in [0.1, 0.15) is 0 Å². The van der Waals surface area contributed by atoms with Crippen LogP contribution in [0, 0.1) is 0 Å². The molecular formula is C12H14BrNO3. The maximum Gasteiger partial charge on any atom is 0.303 e. The fraction of sp³-hybridized carbons (Fsp3) is 0.333. The highest BCUT2D eigenvalue weighted by atomic mass is 79.9. The van der Waals surface area contributed by atoms with Crippen LogP contribution in [-0.4, -0.2) is 17.0 Å². The molecular weight excluding hydrogens is 286 g/mol. The summed E-state index contributed by atoms with van der Waals surface area (Å²) in [6.07, 6.45) is -0.130. The first-order valence-corrected chi connectivity index (χ1v) is 6.05. The number of carboxylic acids is 1. The molecule has 1 amide bonds. The maximum atomic E-state index is 11.4. The van der Waals surface area contributed by atoms with Crippen molar-refractivity contribution in [2.24, 2.45) is 0 Å². The summed E-state index contributed by atoms with van der Waals surface area (Å²) in [6.45, 7) is 1.86. The van der Waals surface area contributed by atoms with Gasteiger partial charge in [0.05, 0.1) is 12.5 Å². The van der Waals surface area contributed by atoms with Gasteiger partial charge in [-0.2, -0.15) is 0 Å². The Labute approximate surface area is 108 Å². The molecule has 2 N–H and O–H groups in total. The highest BCUT2D eigenvalue weighted by Crippen LogP contribution is 2.16. The lowest BCUT2D eigenvalue weighted by Gasteiger charge is -2.14. The lowest BCUT2D eigenvalue weighted by Crippen LogP contribution is -2.26. The van der Waals surface area contributed by atoms with E-state index < -0.39 is 5.97 Å². The van der Waals surface area contributed by atoms with E-state index in [1.165, 1.54) is 0 Å². The van der Waals surface area contributed by atoms with E-state index in [0.717, 1.165) is 10.0 Å². The van der Waals surface area contributed by atoms with Crippen molar-refractivity contribution in [3.8, 4) is 0 Å². The summed E-state index contributed by atoms with van der Waals surface area (Å²) in [5.41, 5.74) is 0.983. The third kappa shape index (κ3) is 4.99. The number of carbonyl (C=O) groups is 2. The Balaban J connectivity index is 2.48. The van der Waals surface area contributed by atoms with Gasteiger partial charge in [0.2, 0.25) is 5.91 Å². The molecule has 1 aromatic carbocycles. The summed E-state index contributed by atoms with van der Waals surface area (Å²) in [6, 6.07) is 7.49. The second-order valence-corrected chi connectivity index (χ2v) is 4.65. The Morgan fingerprint density at radius 1 is 1.29 bits per heavy atom. The van der Waals surface area contributed by atoms with Gasteiger partial charge in [-0.1, -0.05) is 28.1 Å². The summed E-state index contributed by atoms with van der Waals surface area (Å²) in [5, 5.41) is 11.2. The average molecular weight is 300 g/mol. The first kappa shape index (κ1) is 13.7. The highest BCUT2D eigenvalue weighted by Gasteiger charge is 2.10. The van der Waals surface area contributed by atoms with Crippen molar-refractivity contribution < 1.29 is 14.7 Å². The van der Waals surface area contributed by atoms with E-state index in [2.05, 4.69) is 21.2 Å². The Bertz CT molecular complexity index is 403. The molecule has 5 heteroatoms. The van der Waals surface area contributed by atoms with Gasteiger partial charge >= 0.3 is 5.97 Å². The number of carbonyl (C=O) groups excluding carboxylic acids is 1. The van der Waals surface area contributed by atoms with Crippen LogP contribution in [0.1, 0.15) is 31.4 Å². The average Bonchev–Trinajstić information content (AvgIpc) is 2.27. The van der Waals surface area contributed by atoms with Crippen LogP contribution in [0.25, 0.3) is 0 Å². The van der Waals surface area contributed by atoms with E-state index in [0.29, 0.717) is 0 Å². The zero-order valence-corrected chi connectivity index (χ0v) is 11.0. The van der Waals surface area contributed by atoms with E-state index in [1.807, 2.05) is 31.2 Å². The van der Waals surface area contributed by atoms with Crippen LogP contribution in [0.15, 0.2) is 28.7 Å². The van der Waals surface area contributed by atoms with E-state index in [4.69, 9.17) is 5.11 Å². The number of amides is 1. The van der Waals surface area contributed by atoms with E-state index in [-0.39, 0.29) is 24.8 Å². The molecule has 1 atom stereocenters. The zero-order valence-electron chi connectivity index (χ0n) is 9.44. The number of halogens is 1. The summed E-state index contributed by atoms with van der Waals surface area (Å²) >= 11 is 3.33. The molecule has 0 fully saturated rings. The molecule has 0 saturated heterocycles. The predicted octanol–water partition coefficient (Wildman–Crippen LogP) is 2.49. The van der Waals surface area contributed by atoms with Crippen LogP contribution in [0.3, 0.4) is 0 Å². The molecule has 0 aromatic heterocycles. The summed E-state index contributed by atoms with van der Waals surface area (Å²) < 4.78 is 0.977. The van der Waals surface area contributed by atoms with E-state index >= 15 is 0 Å². The van der Waals surface area contributed by atoms with Crippen LogP contribution in [0.4, 0.5) is 0 Å². The van der Waals surface area contributed by atoms with E-state index in [9.17, 15) is 9.59 Å². The second-order valence-electron chi connectivity index (χ2n) is 3.73. The lowest BCUT2D eigenvalue weighted by atomic mass is 10.1. The van der Waals surface area contributed by atoms with Gasteiger partial charge in [-0.05, 0) is 24.6 Å². The van der Waals surface area contributed by atoms with Crippen molar-refractivity contribution in [3.05, 3.63) is 34.3 Å². The Morgan fingerprint density at radius 2 is 1.88 bits per heavy atom. The van der Waals surface area contributed by atoms with Gasteiger partial charge in [-0.3, -0.25) is 9.59 Å². The second kappa shape index (κ2) is 6.39. The Morgan fingerprint density at radius 3 is 2.41 bits per heavy atom. The number of hydrogen-bond acceptors (Lipinski definition) is 2. The molecule has 17 heavy (non-hydrogen) atoms. The maximum absolute atomic E-state index is 11.4. The molecule has 0 heterocycles. The SMILES string of the molecule is CC(NC(=O)CCC(=O)O)c1ccc(Br)cc1. The first-order valence-electron chi connectivity index (χ1n) is 5.25. The van der Waals surface area contributed by atoms with Gasteiger partial charge in [-0.15, -0.1) is 0 Å². The molecule has 4 nitrogen and oxygen atoms in total. The number of rotatable bonds is 5. The predicted molar refractivity (Wildman–Crippen MR) is 67.6 cm³/mol. The molecule has 0 bridgehead atoms. The molecule has 0 spiro atoms.